The van der Waals surface area contributed by atoms with Crippen LogP contribution in [0.5, 0.6) is 0 Å². The molecule has 0 bridgehead atoms. The van der Waals surface area contributed by atoms with Gasteiger partial charge in [0.1, 0.15) is 0 Å². The molecule has 6 nitrogen and oxygen atoms in total. The molecular weight excluding hydrogens is 238 g/mol. The molecule has 0 aliphatic rings. The zero-order chi connectivity index (χ0) is 7.21. The Morgan fingerprint density at radius 2 is 1.11 bits per heavy atom. The van der Waals surface area contributed by atoms with Gasteiger partial charge < -0.3 is 0 Å². The van der Waals surface area contributed by atoms with Crippen LogP contribution >= 0.6 is 0 Å². The van der Waals surface area contributed by atoms with Crippen LogP contribution in [0.2, 0.25) is 0 Å². The van der Waals surface area contributed by atoms with Gasteiger partial charge in [-0.3, -0.25) is 0 Å². The topological polar surface area (TPSA) is 108 Å². The molecule has 0 fully saturated rings. The predicted molar refractivity (Wildman–Crippen MR) is 3.43 cm³/mol. The van der Waals surface area contributed by atoms with E-state index in [2.05, 4.69) is 0 Å². The zero-order valence-electron chi connectivity index (χ0n) is 4.33. The summed E-state index contributed by atoms with van der Waals surface area (Å²) in [7, 11) is 0. The Morgan fingerprint density at radius 3 is 1.11 bits per heavy atom. The molecule has 0 N–H and O–H groups in total. The Balaban J connectivity index is -0.0000000800. The van der Waals surface area contributed by atoms with Crippen LogP contribution < -0.4 is 55.6 Å². The van der Waals surface area contributed by atoms with Crippen LogP contribution in [-0.2, 0) is 50.2 Å². The first-order valence-corrected chi connectivity index (χ1v) is 4.23. The van der Waals surface area contributed by atoms with Crippen LogP contribution in [0.15, 0.2) is 0 Å². The average molecular weight is 238 g/mol. The molecule has 0 atom stereocenters. The molecule has 0 aliphatic heterocycles. The second-order valence-corrected chi connectivity index (χ2v) is 1.90. The molecule has 0 radical (unpaired) electrons. The summed E-state index contributed by atoms with van der Waals surface area (Å²) in [6.45, 7) is 0. The van der Waals surface area contributed by atoms with Crippen LogP contribution in [0.25, 0.3) is 0 Å². The van der Waals surface area contributed by atoms with Crippen molar-refractivity contribution in [3.05, 3.63) is 0 Å². The molecule has 0 aliphatic carbocycles. The molecule has 0 aromatic heterocycles. The fourth-order valence-electron chi connectivity index (χ4n) is 0. The van der Waals surface area contributed by atoms with Gasteiger partial charge in [-0.15, -0.1) is 0 Å². The summed E-state index contributed by atoms with van der Waals surface area (Å²) in [4.78, 5) is 0. The summed E-state index contributed by atoms with van der Waals surface area (Å²) in [6, 6.07) is 0. The summed E-state index contributed by atoms with van der Waals surface area (Å²) in [5.41, 5.74) is 0. The Labute approximate surface area is 104 Å². The van der Waals surface area contributed by atoms with Gasteiger partial charge in [0.15, 0.2) is 0 Å². The van der Waals surface area contributed by atoms with Gasteiger partial charge in [-0.25, -0.2) is 0 Å². The van der Waals surface area contributed by atoms with Crippen molar-refractivity contribution >= 4 is 0 Å². The monoisotopic (exact) mass is 238 g/mol. The minimum atomic E-state index is -5.62. The molecule has 0 unspecified atom stereocenters. The van der Waals surface area contributed by atoms with Gasteiger partial charge in [0.05, 0.1) is 0 Å². The summed E-state index contributed by atoms with van der Waals surface area (Å²) < 4.78 is 51.3. The van der Waals surface area contributed by atoms with E-state index in [0.717, 1.165) is 0 Å². The van der Waals surface area contributed by atoms with Crippen molar-refractivity contribution in [1.29, 1.82) is 0 Å². The Bertz CT molecular complexity index is 196. The van der Waals surface area contributed by atoms with Crippen LogP contribution in [0.4, 0.5) is 0 Å². The van der Waals surface area contributed by atoms with Crippen molar-refractivity contribution in [2.75, 3.05) is 0 Å². The fraction of sp³-hybridized carbons (Fsp3) is 0. The van der Waals surface area contributed by atoms with Gasteiger partial charge in [0.2, 0.25) is 0 Å². The average Bonchev–Trinajstić information content (AvgIpc) is 1.27. The van der Waals surface area contributed by atoms with Crippen LogP contribution in [0.1, 0.15) is 0 Å². The molecule has 0 spiro atoms. The molecule has 0 aromatic carbocycles. The molecule has 0 saturated carbocycles. The molecule has 48 valence electrons. The van der Waals surface area contributed by atoms with E-state index < -0.39 is 32.1 Å². The standard InChI is InChI=1S/K.Mn.6O.Ti/q+1;;;;;;;-1;. The molecule has 0 aromatic rings. The number of hydrogen-bond acceptors (Lipinski definition) is 6. The molecule has 0 amide bonds. The fourth-order valence-corrected chi connectivity index (χ4v) is 0. The van der Waals surface area contributed by atoms with Crippen LogP contribution in [0, 0.1) is 0 Å². The quantitative estimate of drug-likeness (QED) is 0.392. The first kappa shape index (κ1) is 17.1. The third-order valence-corrected chi connectivity index (χ3v) is 0. The molecule has 0 rings (SSSR count). The summed E-state index contributed by atoms with van der Waals surface area (Å²) >= 11 is -7.62. The van der Waals surface area contributed by atoms with E-state index in [4.69, 9.17) is 22.3 Å². The Hall–Kier alpha value is 1.83. The van der Waals surface area contributed by atoms with E-state index in [0.29, 0.717) is 0 Å². The predicted octanol–water partition coefficient (Wildman–Crippen LogP) is -4.78. The third-order valence-electron chi connectivity index (χ3n) is 0. The van der Waals surface area contributed by atoms with Gasteiger partial charge in [-0.05, 0) is 0 Å². The normalized spacial score (nSPS) is 7.22. The van der Waals surface area contributed by atoms with Crippen molar-refractivity contribution < 1.29 is 106 Å². The number of hydrogen-bond donors (Lipinski definition) is 0. The summed E-state index contributed by atoms with van der Waals surface area (Å²) in [6.07, 6.45) is 0. The van der Waals surface area contributed by atoms with Crippen molar-refractivity contribution in [1.82, 2.24) is 0 Å². The van der Waals surface area contributed by atoms with E-state index in [1.807, 2.05) is 0 Å². The minimum absolute atomic E-state index is 0. The van der Waals surface area contributed by atoms with E-state index in [1.54, 1.807) is 0 Å². The van der Waals surface area contributed by atoms with E-state index in [1.165, 1.54) is 0 Å². The Morgan fingerprint density at radius 1 is 1.11 bits per heavy atom. The SMILES string of the molecule is [K+].[O]=[Mn](=[O])(=[O])[O-].[O]=[Ti]=[O]. The first-order chi connectivity index (χ1) is 3.41. The van der Waals surface area contributed by atoms with Crippen molar-refractivity contribution in [2.24, 2.45) is 0 Å². The van der Waals surface area contributed by atoms with Crippen molar-refractivity contribution in [3.63, 3.8) is 0 Å². The molecule has 9 heavy (non-hydrogen) atoms. The summed E-state index contributed by atoms with van der Waals surface area (Å²) in [5.74, 6) is 0. The molecule has 9 heteroatoms. The van der Waals surface area contributed by atoms with Crippen molar-refractivity contribution in [2.45, 2.75) is 0 Å². The zero-order valence-corrected chi connectivity index (χ0v) is 10.2. The second-order valence-electron chi connectivity index (χ2n) is 0.461. The summed E-state index contributed by atoms with van der Waals surface area (Å²) in [5, 5.41) is 0. The maximum absolute atomic E-state index is 8.58. The Kier molecular flexibility index (Phi) is 18.6. The number of rotatable bonds is 0. The van der Waals surface area contributed by atoms with Gasteiger partial charge in [-0.1, -0.05) is 0 Å². The maximum atomic E-state index is 8.58. The van der Waals surface area contributed by atoms with E-state index >= 15 is 0 Å². The first-order valence-electron chi connectivity index (χ1n) is 1.03. The van der Waals surface area contributed by atoms with Gasteiger partial charge in [0.25, 0.3) is 0 Å². The van der Waals surface area contributed by atoms with Crippen molar-refractivity contribution in [3.8, 4) is 0 Å². The second kappa shape index (κ2) is 9.83. The van der Waals surface area contributed by atoms with Gasteiger partial charge in [-0.2, -0.15) is 0 Å². The van der Waals surface area contributed by atoms with Crippen LogP contribution in [0.3, 0.4) is 0 Å². The van der Waals surface area contributed by atoms with E-state index in [9.17, 15) is 0 Å². The third kappa shape index (κ3) is 180. The molecule has 0 heterocycles. The van der Waals surface area contributed by atoms with Crippen LogP contribution in [-0.4, -0.2) is 0 Å². The van der Waals surface area contributed by atoms with E-state index in [-0.39, 0.29) is 51.4 Å². The molecular formula is KMnO6Ti. The van der Waals surface area contributed by atoms with Gasteiger partial charge >= 0.3 is 106 Å². The molecule has 0 saturated heterocycles. The van der Waals surface area contributed by atoms with Gasteiger partial charge in [0, 0.05) is 0 Å².